The fourth-order valence-electron chi connectivity index (χ4n) is 1.54. The molecule has 0 amide bonds. The number of unbranched alkanes of at least 4 members (excludes halogenated alkanes) is 7. The predicted octanol–water partition coefficient (Wildman–Crippen LogP) is 4.40. The lowest BCUT2D eigenvalue weighted by Crippen LogP contribution is -1.94. The van der Waals surface area contributed by atoms with E-state index < -0.39 is 7.82 Å². The van der Waals surface area contributed by atoms with E-state index in [0.29, 0.717) is 0 Å². The minimum Gasteiger partial charge on any atom is -0.413 e. The summed E-state index contributed by atoms with van der Waals surface area (Å²) in [6.45, 7) is 5.67. The molecule has 0 aliphatic heterocycles. The van der Waals surface area contributed by atoms with E-state index in [-0.39, 0.29) is 6.61 Å². The smallest absolute Gasteiger partial charge is 0.413 e. The van der Waals surface area contributed by atoms with Crippen molar-refractivity contribution in [2.45, 2.75) is 58.3 Å². The van der Waals surface area contributed by atoms with Crippen molar-refractivity contribution in [3.8, 4) is 0 Å². The molecule has 0 bridgehead atoms. The van der Waals surface area contributed by atoms with Crippen LogP contribution in [0, 0.1) is 0 Å². The van der Waals surface area contributed by atoms with E-state index in [1.54, 1.807) is 0 Å². The van der Waals surface area contributed by atoms with Gasteiger partial charge in [0.05, 0.1) is 12.9 Å². The van der Waals surface area contributed by atoms with Crippen molar-refractivity contribution < 1.29 is 18.5 Å². The molecule has 1 atom stereocenters. The average molecular weight is 264 g/mol. The van der Waals surface area contributed by atoms with Crippen LogP contribution in [0.4, 0.5) is 0 Å². The topological polar surface area (TPSA) is 55.8 Å². The van der Waals surface area contributed by atoms with Crippen LogP contribution in [0.25, 0.3) is 0 Å². The van der Waals surface area contributed by atoms with Crippen LogP contribution < -0.4 is 0 Å². The van der Waals surface area contributed by atoms with Crippen LogP contribution in [-0.4, -0.2) is 11.5 Å². The Morgan fingerprint density at radius 1 is 1.12 bits per heavy atom. The van der Waals surface area contributed by atoms with Crippen molar-refractivity contribution >= 4 is 7.82 Å². The Hall–Kier alpha value is -0.310. The molecule has 0 radical (unpaired) electrons. The molecule has 0 heterocycles. The Morgan fingerprint density at radius 3 is 2.18 bits per heavy atom. The van der Waals surface area contributed by atoms with Gasteiger partial charge in [-0.2, -0.15) is 0 Å². The highest BCUT2D eigenvalue weighted by atomic mass is 31.2. The summed E-state index contributed by atoms with van der Waals surface area (Å²) in [6.07, 6.45) is 10.3. The average Bonchev–Trinajstić information content (AvgIpc) is 2.27. The number of phosphoric ester groups is 1. The van der Waals surface area contributed by atoms with Gasteiger partial charge in [-0.05, 0) is 6.42 Å². The first-order valence-electron chi connectivity index (χ1n) is 6.39. The van der Waals surface area contributed by atoms with E-state index in [2.05, 4.69) is 18.0 Å². The first kappa shape index (κ1) is 16.7. The summed E-state index contributed by atoms with van der Waals surface area (Å²) in [7, 11) is -3.88. The Bertz CT molecular complexity index is 231. The molecule has 0 aromatic heterocycles. The highest BCUT2D eigenvalue weighted by Gasteiger charge is 2.19. The lowest BCUT2D eigenvalue weighted by Gasteiger charge is -2.09. The second-order valence-corrected chi connectivity index (χ2v) is 5.45. The largest absolute Gasteiger partial charge is 0.526 e. The molecule has 0 saturated carbocycles. The van der Waals surface area contributed by atoms with E-state index in [1.165, 1.54) is 32.1 Å². The van der Waals surface area contributed by atoms with E-state index in [4.69, 9.17) is 9.42 Å². The maximum atomic E-state index is 11.1. The lowest BCUT2D eigenvalue weighted by molar-refractivity contribution is 0.184. The zero-order chi connectivity index (χ0) is 13.0. The normalized spacial score (nSPS) is 14.2. The van der Waals surface area contributed by atoms with Crippen molar-refractivity contribution in [2.75, 3.05) is 6.61 Å². The van der Waals surface area contributed by atoms with Crippen molar-refractivity contribution in [1.29, 1.82) is 0 Å². The van der Waals surface area contributed by atoms with Gasteiger partial charge >= 0.3 is 7.82 Å². The SMILES string of the molecule is C=COP(=O)(O)OCCCCCCCCCC. The summed E-state index contributed by atoms with van der Waals surface area (Å²) in [5, 5.41) is 0. The zero-order valence-corrected chi connectivity index (χ0v) is 11.7. The molecule has 0 fully saturated rings. The minimum absolute atomic E-state index is 0.260. The fourth-order valence-corrected chi connectivity index (χ4v) is 2.15. The van der Waals surface area contributed by atoms with Gasteiger partial charge in [0.2, 0.25) is 0 Å². The summed E-state index contributed by atoms with van der Waals surface area (Å²) in [6, 6.07) is 0. The first-order chi connectivity index (χ1) is 8.12. The summed E-state index contributed by atoms with van der Waals surface area (Å²) < 4.78 is 20.1. The van der Waals surface area contributed by atoms with E-state index in [0.717, 1.165) is 25.5 Å². The minimum atomic E-state index is -3.88. The Morgan fingerprint density at radius 2 is 1.65 bits per heavy atom. The highest BCUT2D eigenvalue weighted by molar-refractivity contribution is 7.47. The molecule has 4 nitrogen and oxygen atoms in total. The molecule has 0 aliphatic rings. The summed E-state index contributed by atoms with van der Waals surface area (Å²) in [5.41, 5.74) is 0. The number of phosphoric acid groups is 1. The van der Waals surface area contributed by atoms with Crippen LogP contribution in [0.5, 0.6) is 0 Å². The Balaban J connectivity index is 3.23. The third kappa shape index (κ3) is 11.9. The second-order valence-electron chi connectivity index (χ2n) is 4.05. The summed E-state index contributed by atoms with van der Waals surface area (Å²) in [4.78, 5) is 9.05. The van der Waals surface area contributed by atoms with Crippen LogP contribution in [-0.2, 0) is 13.6 Å². The molecular formula is C12H25O4P. The van der Waals surface area contributed by atoms with Gasteiger partial charge in [-0.15, -0.1) is 0 Å². The second kappa shape index (κ2) is 10.8. The maximum absolute atomic E-state index is 11.1. The van der Waals surface area contributed by atoms with Gasteiger partial charge in [0.25, 0.3) is 0 Å². The first-order valence-corrected chi connectivity index (χ1v) is 7.88. The summed E-state index contributed by atoms with van der Waals surface area (Å²) in [5.74, 6) is 0. The Kier molecular flexibility index (Phi) is 10.6. The molecule has 0 saturated heterocycles. The molecule has 0 rings (SSSR count). The van der Waals surface area contributed by atoms with Crippen LogP contribution in [0.1, 0.15) is 58.3 Å². The van der Waals surface area contributed by atoms with Crippen LogP contribution in [0.2, 0.25) is 0 Å². The molecule has 0 aliphatic carbocycles. The van der Waals surface area contributed by atoms with Crippen molar-refractivity contribution in [3.05, 3.63) is 12.8 Å². The molecule has 17 heavy (non-hydrogen) atoms. The highest BCUT2D eigenvalue weighted by Crippen LogP contribution is 2.43. The standard InChI is InChI=1S/C12H25O4P/c1-3-5-6-7-8-9-10-11-12-16-17(13,14)15-4-2/h4H,2-3,5-12H2,1H3,(H,13,14). The van der Waals surface area contributed by atoms with E-state index in [9.17, 15) is 4.57 Å². The van der Waals surface area contributed by atoms with Crippen LogP contribution in [0.15, 0.2) is 12.8 Å². The third-order valence-corrected chi connectivity index (χ3v) is 3.38. The summed E-state index contributed by atoms with van der Waals surface area (Å²) >= 11 is 0. The molecular weight excluding hydrogens is 239 g/mol. The van der Waals surface area contributed by atoms with Gasteiger partial charge in [0, 0.05) is 0 Å². The van der Waals surface area contributed by atoms with Gasteiger partial charge in [-0.3, -0.25) is 9.42 Å². The zero-order valence-electron chi connectivity index (χ0n) is 10.8. The van der Waals surface area contributed by atoms with Gasteiger partial charge in [-0.1, -0.05) is 58.4 Å². The molecule has 1 N–H and O–H groups in total. The number of hydrogen-bond acceptors (Lipinski definition) is 3. The van der Waals surface area contributed by atoms with Crippen LogP contribution in [0.3, 0.4) is 0 Å². The molecule has 0 spiro atoms. The maximum Gasteiger partial charge on any atom is 0.526 e. The molecule has 102 valence electrons. The Labute approximate surface area is 105 Å². The van der Waals surface area contributed by atoms with E-state index >= 15 is 0 Å². The van der Waals surface area contributed by atoms with Gasteiger partial charge < -0.3 is 4.52 Å². The van der Waals surface area contributed by atoms with E-state index in [1.807, 2.05) is 0 Å². The quantitative estimate of drug-likeness (QED) is 0.322. The number of hydrogen-bond donors (Lipinski definition) is 1. The molecule has 0 aromatic rings. The monoisotopic (exact) mass is 264 g/mol. The van der Waals surface area contributed by atoms with Gasteiger partial charge in [0.1, 0.15) is 0 Å². The van der Waals surface area contributed by atoms with Crippen molar-refractivity contribution in [2.24, 2.45) is 0 Å². The molecule has 1 unspecified atom stereocenters. The van der Waals surface area contributed by atoms with Crippen LogP contribution >= 0.6 is 7.82 Å². The number of rotatable bonds is 12. The van der Waals surface area contributed by atoms with Gasteiger partial charge in [-0.25, -0.2) is 4.57 Å². The third-order valence-electron chi connectivity index (χ3n) is 2.46. The fraction of sp³-hybridized carbons (Fsp3) is 0.833. The van der Waals surface area contributed by atoms with Crippen molar-refractivity contribution in [1.82, 2.24) is 0 Å². The molecule has 0 aromatic carbocycles. The predicted molar refractivity (Wildman–Crippen MR) is 69.7 cm³/mol. The van der Waals surface area contributed by atoms with Crippen molar-refractivity contribution in [3.63, 3.8) is 0 Å². The lowest BCUT2D eigenvalue weighted by atomic mass is 10.1. The molecule has 5 heteroatoms. The van der Waals surface area contributed by atoms with Gasteiger partial charge in [0.15, 0.2) is 0 Å².